The lowest BCUT2D eigenvalue weighted by molar-refractivity contribution is 0.413. The Kier molecular flexibility index (Phi) is 4.41. The highest BCUT2D eigenvalue weighted by Gasteiger charge is 2.31. The molecule has 0 radical (unpaired) electrons. The van der Waals surface area contributed by atoms with Crippen molar-refractivity contribution < 1.29 is 4.74 Å². The summed E-state index contributed by atoms with van der Waals surface area (Å²) in [5, 5.41) is 12.5. The predicted octanol–water partition coefficient (Wildman–Crippen LogP) is 3.81. The van der Waals surface area contributed by atoms with E-state index in [-0.39, 0.29) is 0 Å². The van der Waals surface area contributed by atoms with E-state index in [4.69, 9.17) is 10.00 Å². The van der Waals surface area contributed by atoms with Gasteiger partial charge in [0.1, 0.15) is 5.75 Å². The number of hydrogen-bond acceptors (Lipinski definition) is 3. The monoisotopic (exact) mass is 292 g/mol. The van der Waals surface area contributed by atoms with Crippen LogP contribution in [0.4, 0.5) is 0 Å². The predicted molar refractivity (Wildman–Crippen MR) is 86.5 cm³/mol. The van der Waals surface area contributed by atoms with Crippen LogP contribution < -0.4 is 10.1 Å². The first-order valence-corrected chi connectivity index (χ1v) is 7.66. The summed E-state index contributed by atoms with van der Waals surface area (Å²) in [6.45, 7) is 0.818. The van der Waals surface area contributed by atoms with E-state index >= 15 is 0 Å². The molecule has 1 aliphatic carbocycles. The van der Waals surface area contributed by atoms with Crippen molar-refractivity contribution >= 4 is 0 Å². The zero-order valence-electron chi connectivity index (χ0n) is 12.8. The van der Waals surface area contributed by atoms with Crippen molar-refractivity contribution in [1.82, 2.24) is 5.32 Å². The van der Waals surface area contributed by atoms with Crippen molar-refractivity contribution in [3.8, 4) is 11.8 Å². The van der Waals surface area contributed by atoms with Crippen molar-refractivity contribution in [3.63, 3.8) is 0 Å². The van der Waals surface area contributed by atoms with E-state index in [2.05, 4.69) is 23.5 Å². The lowest BCUT2D eigenvalue weighted by Gasteiger charge is -2.19. The Morgan fingerprint density at radius 1 is 1.14 bits per heavy atom. The second-order valence-electron chi connectivity index (χ2n) is 5.78. The summed E-state index contributed by atoms with van der Waals surface area (Å²) in [5.74, 6) is 1.62. The Hall–Kier alpha value is -2.31. The molecule has 1 N–H and O–H groups in total. The maximum atomic E-state index is 8.84. The van der Waals surface area contributed by atoms with E-state index in [1.165, 1.54) is 24.0 Å². The molecule has 22 heavy (non-hydrogen) atoms. The fraction of sp³-hybridized carbons (Fsp3) is 0.316. The molecule has 0 amide bonds. The van der Waals surface area contributed by atoms with Crippen LogP contribution >= 0.6 is 0 Å². The third-order valence-corrected chi connectivity index (χ3v) is 4.18. The molecule has 1 aliphatic rings. The van der Waals surface area contributed by atoms with Gasteiger partial charge in [-0.05, 0) is 54.2 Å². The van der Waals surface area contributed by atoms with Gasteiger partial charge in [0.25, 0.3) is 0 Å². The number of benzene rings is 2. The topological polar surface area (TPSA) is 45.0 Å². The molecule has 3 rings (SSSR count). The number of hydrogen-bond donors (Lipinski definition) is 1. The number of ether oxygens (including phenoxy) is 1. The zero-order valence-corrected chi connectivity index (χ0v) is 12.8. The average molecular weight is 292 g/mol. The molecule has 0 heterocycles. The van der Waals surface area contributed by atoms with Gasteiger partial charge < -0.3 is 10.1 Å². The third-order valence-electron chi connectivity index (χ3n) is 4.18. The van der Waals surface area contributed by atoms with Crippen LogP contribution in [0.2, 0.25) is 0 Å². The minimum absolute atomic E-state index is 0.390. The summed E-state index contributed by atoms with van der Waals surface area (Å²) in [6, 6.07) is 18.7. The van der Waals surface area contributed by atoms with Crippen molar-refractivity contribution in [3.05, 3.63) is 65.2 Å². The Morgan fingerprint density at radius 3 is 2.36 bits per heavy atom. The van der Waals surface area contributed by atoms with Gasteiger partial charge in [0.05, 0.1) is 18.7 Å². The van der Waals surface area contributed by atoms with E-state index in [9.17, 15) is 0 Å². The molecule has 0 unspecified atom stereocenters. The first kappa shape index (κ1) is 14.6. The molecular weight excluding hydrogens is 272 g/mol. The number of nitrogens with zero attached hydrogens (tertiary/aromatic N) is 1. The molecule has 1 fully saturated rings. The summed E-state index contributed by atoms with van der Waals surface area (Å²) in [4.78, 5) is 0. The molecule has 0 aliphatic heterocycles. The van der Waals surface area contributed by atoms with E-state index in [1.807, 2.05) is 36.4 Å². The van der Waals surface area contributed by atoms with Gasteiger partial charge in [-0.25, -0.2) is 0 Å². The van der Waals surface area contributed by atoms with Crippen LogP contribution in [0.3, 0.4) is 0 Å². The van der Waals surface area contributed by atoms with Crippen molar-refractivity contribution in [1.29, 1.82) is 5.26 Å². The van der Waals surface area contributed by atoms with Crippen LogP contribution in [0.15, 0.2) is 48.5 Å². The highest BCUT2D eigenvalue weighted by Crippen LogP contribution is 2.41. The lowest BCUT2D eigenvalue weighted by Crippen LogP contribution is -2.22. The lowest BCUT2D eigenvalue weighted by atomic mass is 10.0. The highest BCUT2D eigenvalue weighted by atomic mass is 16.5. The Bertz CT molecular complexity index is 651. The largest absolute Gasteiger partial charge is 0.497 e. The third kappa shape index (κ3) is 3.47. The molecule has 0 bridgehead atoms. The summed E-state index contributed by atoms with van der Waals surface area (Å²) < 4.78 is 5.23. The van der Waals surface area contributed by atoms with Gasteiger partial charge >= 0.3 is 0 Å². The van der Waals surface area contributed by atoms with Crippen LogP contribution in [0.25, 0.3) is 0 Å². The van der Waals surface area contributed by atoms with Gasteiger partial charge in [0.15, 0.2) is 0 Å². The summed E-state index contributed by atoms with van der Waals surface area (Å²) >= 11 is 0. The summed E-state index contributed by atoms with van der Waals surface area (Å²) in [7, 11) is 1.69. The first-order chi connectivity index (χ1) is 10.8. The van der Waals surface area contributed by atoms with Crippen molar-refractivity contribution in [2.45, 2.75) is 25.4 Å². The molecule has 0 saturated heterocycles. The van der Waals surface area contributed by atoms with Crippen LogP contribution in [0, 0.1) is 17.2 Å². The molecule has 1 saturated carbocycles. The number of nitrogens with one attached hydrogen (secondary N) is 1. The summed E-state index contributed by atoms with van der Waals surface area (Å²) in [5.41, 5.74) is 3.23. The minimum Gasteiger partial charge on any atom is -0.497 e. The van der Waals surface area contributed by atoms with Gasteiger partial charge in [-0.2, -0.15) is 5.26 Å². The van der Waals surface area contributed by atoms with Crippen molar-refractivity contribution in [2.24, 2.45) is 5.92 Å². The zero-order chi connectivity index (χ0) is 15.4. The molecule has 0 spiro atoms. The van der Waals surface area contributed by atoms with E-state index < -0.39 is 0 Å². The Morgan fingerprint density at radius 2 is 1.82 bits per heavy atom. The van der Waals surface area contributed by atoms with Crippen LogP contribution in [0.5, 0.6) is 5.75 Å². The molecule has 3 nitrogen and oxygen atoms in total. The van der Waals surface area contributed by atoms with Gasteiger partial charge in [0, 0.05) is 12.6 Å². The van der Waals surface area contributed by atoms with Gasteiger partial charge in [-0.3, -0.25) is 0 Å². The van der Waals surface area contributed by atoms with E-state index in [0.717, 1.165) is 18.2 Å². The molecule has 112 valence electrons. The molecular formula is C19H20N2O. The summed E-state index contributed by atoms with van der Waals surface area (Å²) in [6.07, 6.45) is 2.58. The quantitative estimate of drug-likeness (QED) is 0.880. The standard InChI is InChI=1S/C19H20N2O/c1-22-18-10-8-17(9-11-18)19(16-6-7-16)21-13-15-4-2-14(12-20)3-5-15/h2-5,8-11,16,19,21H,6-7,13H2,1H3/t19-/m0/s1. The maximum absolute atomic E-state index is 8.84. The van der Waals surface area contributed by atoms with Crippen LogP contribution in [0.1, 0.15) is 35.6 Å². The van der Waals surface area contributed by atoms with Gasteiger partial charge in [-0.15, -0.1) is 0 Å². The maximum Gasteiger partial charge on any atom is 0.118 e. The molecule has 0 aromatic heterocycles. The van der Waals surface area contributed by atoms with E-state index in [0.29, 0.717) is 11.6 Å². The average Bonchev–Trinajstić information content (AvgIpc) is 3.41. The molecule has 3 heteroatoms. The number of methoxy groups -OCH3 is 1. The Labute approximate surface area is 131 Å². The molecule has 1 atom stereocenters. The second kappa shape index (κ2) is 6.64. The number of nitriles is 1. The van der Waals surface area contributed by atoms with Gasteiger partial charge in [-0.1, -0.05) is 24.3 Å². The van der Waals surface area contributed by atoms with Crippen molar-refractivity contribution in [2.75, 3.05) is 7.11 Å². The smallest absolute Gasteiger partial charge is 0.118 e. The SMILES string of the molecule is COc1ccc([C@@H](NCc2ccc(C#N)cc2)C2CC2)cc1. The molecule has 2 aromatic carbocycles. The Balaban J connectivity index is 1.67. The van der Waals surface area contributed by atoms with Gasteiger partial charge in [0.2, 0.25) is 0 Å². The fourth-order valence-electron chi connectivity index (χ4n) is 2.72. The van der Waals surface area contributed by atoms with E-state index in [1.54, 1.807) is 7.11 Å². The minimum atomic E-state index is 0.390. The number of rotatable bonds is 6. The molecule has 2 aromatic rings. The van der Waals surface area contributed by atoms with Crippen LogP contribution in [-0.2, 0) is 6.54 Å². The normalized spacial score (nSPS) is 15.1. The highest BCUT2D eigenvalue weighted by molar-refractivity contribution is 5.32. The fourth-order valence-corrected chi connectivity index (χ4v) is 2.72. The second-order valence-corrected chi connectivity index (χ2v) is 5.78. The first-order valence-electron chi connectivity index (χ1n) is 7.66. The van der Waals surface area contributed by atoms with Crippen LogP contribution in [-0.4, -0.2) is 7.11 Å².